The first-order chi connectivity index (χ1) is 14.0. The number of nitrogens with zero attached hydrogens (tertiary/aromatic N) is 2. The average molecular weight is 389 g/mol. The predicted molar refractivity (Wildman–Crippen MR) is 117 cm³/mol. The summed E-state index contributed by atoms with van der Waals surface area (Å²) < 4.78 is 0. The Balaban J connectivity index is 1.95. The number of nitrogens with one attached hydrogen (secondary N) is 1. The van der Waals surface area contributed by atoms with E-state index in [1.807, 2.05) is 79.3 Å². The molecular formula is C24H27N3O2. The molecule has 150 valence electrons. The van der Waals surface area contributed by atoms with Gasteiger partial charge in [-0.15, -0.1) is 0 Å². The van der Waals surface area contributed by atoms with Gasteiger partial charge < -0.3 is 10.2 Å². The first-order valence-electron chi connectivity index (χ1n) is 10.2. The molecule has 0 fully saturated rings. The molecule has 0 spiro atoms. The standard InChI is InChI=1S/C24H27N3O2/c1-4-22(29)27-20-10-6-5-8-18(20)25-19-9-7-11-21(28)23(19)24(27)16-12-14-17(15-13-16)26(2)3/h5-6,8,10,12-15,24-25H,4,7,9,11H2,1-3H3/t24-/m1/s1. The minimum absolute atomic E-state index is 0.00746. The van der Waals surface area contributed by atoms with Crippen molar-refractivity contribution in [1.29, 1.82) is 0 Å². The highest BCUT2D eigenvalue weighted by atomic mass is 16.2. The molecule has 0 unspecified atom stereocenters. The maximum absolute atomic E-state index is 13.2. The third-order valence-electron chi connectivity index (χ3n) is 5.73. The molecule has 0 aromatic heterocycles. The Morgan fingerprint density at radius 2 is 1.83 bits per heavy atom. The van der Waals surface area contributed by atoms with Crippen LogP contribution in [-0.4, -0.2) is 25.8 Å². The number of hydrogen-bond donors (Lipinski definition) is 1. The molecule has 1 aliphatic heterocycles. The summed E-state index contributed by atoms with van der Waals surface area (Å²) in [6, 6.07) is 15.6. The zero-order valence-electron chi connectivity index (χ0n) is 17.2. The SMILES string of the molecule is CCC(=O)N1c2ccccc2NC2=C(C(=O)CCC2)[C@H]1c1ccc(N(C)C)cc1. The van der Waals surface area contributed by atoms with Crippen LogP contribution in [0.4, 0.5) is 17.1 Å². The number of amides is 1. The fraction of sp³-hybridized carbons (Fsp3) is 0.333. The largest absolute Gasteiger partial charge is 0.378 e. The monoisotopic (exact) mass is 389 g/mol. The van der Waals surface area contributed by atoms with Gasteiger partial charge in [-0.1, -0.05) is 31.2 Å². The Morgan fingerprint density at radius 1 is 1.10 bits per heavy atom. The molecule has 1 amide bonds. The Kier molecular flexibility index (Phi) is 5.14. The fourth-order valence-electron chi connectivity index (χ4n) is 4.25. The van der Waals surface area contributed by atoms with Crippen LogP contribution in [0.15, 0.2) is 59.8 Å². The molecule has 0 bridgehead atoms. The van der Waals surface area contributed by atoms with Crippen LogP contribution in [0, 0.1) is 0 Å². The van der Waals surface area contributed by atoms with E-state index in [0.29, 0.717) is 12.8 Å². The van der Waals surface area contributed by atoms with Gasteiger partial charge in [0.1, 0.15) is 0 Å². The van der Waals surface area contributed by atoms with Crippen LogP contribution in [-0.2, 0) is 9.59 Å². The zero-order valence-corrected chi connectivity index (χ0v) is 17.2. The van der Waals surface area contributed by atoms with Crippen LogP contribution in [0.3, 0.4) is 0 Å². The van der Waals surface area contributed by atoms with Gasteiger partial charge in [0, 0.05) is 43.9 Å². The Morgan fingerprint density at radius 3 is 2.52 bits per heavy atom. The summed E-state index contributed by atoms with van der Waals surface area (Å²) in [6.07, 6.45) is 2.55. The van der Waals surface area contributed by atoms with Gasteiger partial charge in [-0.2, -0.15) is 0 Å². The second-order valence-corrected chi connectivity index (χ2v) is 7.82. The van der Waals surface area contributed by atoms with E-state index in [0.717, 1.165) is 46.7 Å². The third-order valence-corrected chi connectivity index (χ3v) is 5.73. The summed E-state index contributed by atoms with van der Waals surface area (Å²) in [4.78, 5) is 30.1. The lowest BCUT2D eigenvalue weighted by atomic mass is 9.85. The van der Waals surface area contributed by atoms with Crippen molar-refractivity contribution in [2.75, 3.05) is 29.2 Å². The Hall–Kier alpha value is -3.08. The quantitative estimate of drug-likeness (QED) is 0.829. The van der Waals surface area contributed by atoms with Gasteiger partial charge in [-0.3, -0.25) is 14.5 Å². The molecule has 5 heteroatoms. The van der Waals surface area contributed by atoms with Crippen LogP contribution < -0.4 is 15.1 Å². The molecule has 1 aliphatic carbocycles. The van der Waals surface area contributed by atoms with Gasteiger partial charge in [-0.05, 0) is 42.7 Å². The first-order valence-corrected chi connectivity index (χ1v) is 10.2. The Bertz CT molecular complexity index is 976. The van der Waals surface area contributed by atoms with E-state index >= 15 is 0 Å². The van der Waals surface area contributed by atoms with E-state index < -0.39 is 6.04 Å². The van der Waals surface area contributed by atoms with Crippen molar-refractivity contribution < 1.29 is 9.59 Å². The van der Waals surface area contributed by atoms with Gasteiger partial charge in [0.15, 0.2) is 5.78 Å². The van der Waals surface area contributed by atoms with Crippen LogP contribution in [0.25, 0.3) is 0 Å². The van der Waals surface area contributed by atoms with Crippen molar-refractivity contribution in [2.45, 2.75) is 38.6 Å². The molecule has 5 nitrogen and oxygen atoms in total. The minimum Gasteiger partial charge on any atom is -0.378 e. The number of Topliss-reactive ketones (excluding diaryl/α,β-unsaturated/α-hetero) is 1. The lowest BCUT2D eigenvalue weighted by molar-refractivity contribution is -0.118. The minimum atomic E-state index is -0.419. The molecule has 0 saturated heterocycles. The first kappa shape index (κ1) is 19.2. The molecular weight excluding hydrogens is 362 g/mol. The maximum atomic E-state index is 13.2. The topological polar surface area (TPSA) is 52.7 Å². The second-order valence-electron chi connectivity index (χ2n) is 7.82. The molecule has 0 saturated carbocycles. The molecule has 4 rings (SSSR count). The molecule has 1 atom stereocenters. The van der Waals surface area contributed by atoms with Crippen molar-refractivity contribution >= 4 is 28.8 Å². The van der Waals surface area contributed by atoms with E-state index in [2.05, 4.69) is 5.32 Å². The zero-order chi connectivity index (χ0) is 20.5. The van der Waals surface area contributed by atoms with Crippen molar-refractivity contribution in [3.8, 4) is 0 Å². The summed E-state index contributed by atoms with van der Waals surface area (Å²) in [5.74, 6) is 0.134. The highest BCUT2D eigenvalue weighted by molar-refractivity contribution is 6.06. The average Bonchev–Trinajstić information content (AvgIpc) is 2.88. The second kappa shape index (κ2) is 7.74. The van der Waals surface area contributed by atoms with Gasteiger partial charge >= 0.3 is 0 Å². The number of ketones is 1. The van der Waals surface area contributed by atoms with Crippen LogP contribution >= 0.6 is 0 Å². The van der Waals surface area contributed by atoms with Crippen LogP contribution in [0.2, 0.25) is 0 Å². The number of benzene rings is 2. The number of carbonyl (C=O) groups is 2. The summed E-state index contributed by atoms with van der Waals surface area (Å²) in [5.41, 5.74) is 5.41. The van der Waals surface area contributed by atoms with E-state index in [9.17, 15) is 9.59 Å². The van der Waals surface area contributed by atoms with Crippen LogP contribution in [0.1, 0.15) is 44.2 Å². The number of rotatable bonds is 3. The number of allylic oxidation sites excluding steroid dienone is 1. The molecule has 2 aromatic carbocycles. The van der Waals surface area contributed by atoms with E-state index in [-0.39, 0.29) is 11.7 Å². The molecule has 0 radical (unpaired) electrons. The number of para-hydroxylation sites is 2. The summed E-state index contributed by atoms with van der Waals surface area (Å²) in [7, 11) is 4.00. The normalized spacial score (nSPS) is 18.5. The Labute approximate surface area is 172 Å². The smallest absolute Gasteiger partial charge is 0.227 e. The van der Waals surface area contributed by atoms with Crippen molar-refractivity contribution in [3.63, 3.8) is 0 Å². The number of anilines is 3. The van der Waals surface area contributed by atoms with Crippen LogP contribution in [0.5, 0.6) is 0 Å². The predicted octanol–water partition coefficient (Wildman–Crippen LogP) is 4.67. The number of fused-ring (bicyclic) bond motifs is 1. The molecule has 2 aromatic rings. The molecule has 1 heterocycles. The van der Waals surface area contributed by atoms with Gasteiger partial charge in [-0.25, -0.2) is 0 Å². The summed E-state index contributed by atoms with van der Waals surface area (Å²) in [6.45, 7) is 1.87. The summed E-state index contributed by atoms with van der Waals surface area (Å²) >= 11 is 0. The maximum Gasteiger partial charge on any atom is 0.227 e. The van der Waals surface area contributed by atoms with E-state index in [1.165, 1.54) is 0 Å². The summed E-state index contributed by atoms with van der Waals surface area (Å²) in [5, 5.41) is 3.49. The fourth-order valence-corrected chi connectivity index (χ4v) is 4.25. The number of hydrogen-bond acceptors (Lipinski definition) is 4. The van der Waals surface area contributed by atoms with Gasteiger partial charge in [0.2, 0.25) is 5.91 Å². The van der Waals surface area contributed by atoms with E-state index in [1.54, 1.807) is 0 Å². The lowest BCUT2D eigenvalue weighted by Crippen LogP contribution is -2.37. The van der Waals surface area contributed by atoms with Crippen molar-refractivity contribution in [3.05, 3.63) is 65.4 Å². The highest BCUT2D eigenvalue weighted by Gasteiger charge is 2.38. The number of carbonyl (C=O) groups excluding carboxylic acids is 2. The third kappa shape index (κ3) is 3.41. The molecule has 2 aliphatic rings. The molecule has 1 N–H and O–H groups in total. The van der Waals surface area contributed by atoms with Crippen molar-refractivity contribution in [1.82, 2.24) is 0 Å². The van der Waals surface area contributed by atoms with Gasteiger partial charge in [0.05, 0.1) is 17.4 Å². The highest BCUT2D eigenvalue weighted by Crippen LogP contribution is 2.45. The van der Waals surface area contributed by atoms with E-state index in [4.69, 9.17) is 0 Å². The lowest BCUT2D eigenvalue weighted by Gasteiger charge is -2.34. The molecule has 29 heavy (non-hydrogen) atoms. The van der Waals surface area contributed by atoms with Crippen molar-refractivity contribution in [2.24, 2.45) is 0 Å². The van der Waals surface area contributed by atoms with Gasteiger partial charge in [0.25, 0.3) is 0 Å².